The number of carboxylic acid groups (broad SMARTS) is 1. The molecule has 2 aromatic carbocycles. The van der Waals surface area contributed by atoms with Crippen molar-refractivity contribution in [1.29, 1.82) is 0 Å². The van der Waals surface area contributed by atoms with Gasteiger partial charge in [0.15, 0.2) is 0 Å². The van der Waals surface area contributed by atoms with Gasteiger partial charge in [0.1, 0.15) is 0 Å². The zero-order valence-corrected chi connectivity index (χ0v) is 22.7. The van der Waals surface area contributed by atoms with Gasteiger partial charge in [-0.3, -0.25) is 4.79 Å². The van der Waals surface area contributed by atoms with Gasteiger partial charge < -0.3 is 15.3 Å². The molecule has 0 radical (unpaired) electrons. The maximum Gasteiger partial charge on any atom is 0.303 e. The van der Waals surface area contributed by atoms with Crippen molar-refractivity contribution in [3.8, 4) is 0 Å². The predicted octanol–water partition coefficient (Wildman–Crippen LogP) is 5.29. The number of hydrogen-bond acceptors (Lipinski definition) is 5. The van der Waals surface area contributed by atoms with E-state index < -0.39 is 16.0 Å². The second-order valence-corrected chi connectivity index (χ2v) is 12.0. The lowest BCUT2D eigenvalue weighted by Crippen LogP contribution is -2.40. The fraction of sp³-hybridized carbons (Fsp3) is 0.607. The Morgan fingerprint density at radius 1 is 0.889 bits per heavy atom. The van der Waals surface area contributed by atoms with Crippen molar-refractivity contribution in [3.05, 3.63) is 36.4 Å². The summed E-state index contributed by atoms with van der Waals surface area (Å²) in [6, 6.07) is 12.4. The first-order valence-electron chi connectivity index (χ1n) is 13.4. The Balaban J connectivity index is 0.000000233. The maximum absolute atomic E-state index is 12.5. The molecule has 200 valence electrons. The van der Waals surface area contributed by atoms with E-state index >= 15 is 0 Å². The van der Waals surface area contributed by atoms with Gasteiger partial charge in [-0.25, -0.2) is 13.1 Å². The van der Waals surface area contributed by atoms with Crippen molar-refractivity contribution in [1.82, 2.24) is 10.0 Å². The standard InChI is InChI=1S/C16H20N2O4S.C12H23N/c1-18(2)14-8-3-7-13-12(14)6-4-9-15(13)23(21,22)17-11-5-10-16(19)20;1-3-7-11(8-4-1)13-12-9-5-2-6-10-12/h3-4,6-9,17H,5,10-11H2,1-2H3,(H,19,20);11-13H,1-10H2. The van der Waals surface area contributed by atoms with Crippen molar-refractivity contribution < 1.29 is 18.3 Å². The summed E-state index contributed by atoms with van der Waals surface area (Å²) in [5.41, 5.74) is 0.936. The van der Waals surface area contributed by atoms with Crippen LogP contribution in [0, 0.1) is 0 Å². The van der Waals surface area contributed by atoms with Gasteiger partial charge in [0.2, 0.25) is 10.0 Å². The summed E-state index contributed by atoms with van der Waals surface area (Å²) in [6.07, 6.45) is 14.8. The number of benzene rings is 2. The summed E-state index contributed by atoms with van der Waals surface area (Å²) in [4.78, 5) is 12.6. The van der Waals surface area contributed by atoms with Crippen molar-refractivity contribution in [2.75, 3.05) is 25.5 Å². The zero-order chi connectivity index (χ0) is 26.0. The lowest BCUT2D eigenvalue weighted by atomic mass is 9.91. The minimum Gasteiger partial charge on any atom is -0.481 e. The van der Waals surface area contributed by atoms with E-state index in [9.17, 15) is 13.2 Å². The first-order valence-corrected chi connectivity index (χ1v) is 14.9. The number of aliphatic carboxylic acids is 1. The normalized spacial score (nSPS) is 17.4. The van der Waals surface area contributed by atoms with Gasteiger partial charge in [-0.05, 0) is 44.2 Å². The number of sulfonamides is 1. The molecule has 0 amide bonds. The lowest BCUT2D eigenvalue weighted by molar-refractivity contribution is -0.137. The number of anilines is 1. The molecule has 0 unspecified atom stereocenters. The first-order chi connectivity index (χ1) is 17.3. The summed E-state index contributed by atoms with van der Waals surface area (Å²) in [7, 11) is 0.117. The molecule has 2 aliphatic carbocycles. The molecule has 0 atom stereocenters. The number of nitrogens with zero attached hydrogens (tertiary/aromatic N) is 1. The van der Waals surface area contributed by atoms with Gasteiger partial charge in [0, 0.05) is 55.6 Å². The van der Waals surface area contributed by atoms with Crippen molar-refractivity contribution in [2.45, 2.75) is 94.0 Å². The van der Waals surface area contributed by atoms with Gasteiger partial charge in [-0.1, -0.05) is 62.8 Å². The Hall–Kier alpha value is -2.16. The van der Waals surface area contributed by atoms with E-state index in [1.807, 2.05) is 37.2 Å². The number of carboxylic acids is 1. The summed E-state index contributed by atoms with van der Waals surface area (Å²) in [5.74, 6) is -0.940. The Labute approximate surface area is 216 Å². The number of nitrogens with one attached hydrogen (secondary N) is 2. The van der Waals surface area contributed by atoms with Gasteiger partial charge in [-0.2, -0.15) is 0 Å². The summed E-state index contributed by atoms with van der Waals surface area (Å²) in [6.45, 7) is 0.0956. The summed E-state index contributed by atoms with van der Waals surface area (Å²) in [5, 5.41) is 14.0. The predicted molar refractivity (Wildman–Crippen MR) is 147 cm³/mol. The molecule has 3 N–H and O–H groups in total. The Morgan fingerprint density at radius 3 is 2.00 bits per heavy atom. The van der Waals surface area contributed by atoms with Crippen LogP contribution >= 0.6 is 0 Å². The van der Waals surface area contributed by atoms with Crippen LogP contribution in [0.15, 0.2) is 41.3 Å². The van der Waals surface area contributed by atoms with Crippen LogP contribution in [0.5, 0.6) is 0 Å². The van der Waals surface area contributed by atoms with Crippen LogP contribution in [-0.4, -0.2) is 52.2 Å². The summed E-state index contributed by atoms with van der Waals surface area (Å²) < 4.78 is 27.5. The average molecular weight is 518 g/mol. The first kappa shape index (κ1) is 28.4. The zero-order valence-electron chi connectivity index (χ0n) is 21.8. The average Bonchev–Trinajstić information content (AvgIpc) is 2.87. The molecule has 2 saturated carbocycles. The molecule has 4 rings (SSSR count). The minimum absolute atomic E-state index is 0.0666. The molecular weight excluding hydrogens is 474 g/mol. The van der Waals surface area contributed by atoms with Crippen LogP contribution in [0.3, 0.4) is 0 Å². The van der Waals surface area contributed by atoms with Crippen LogP contribution < -0.4 is 14.9 Å². The highest BCUT2D eigenvalue weighted by molar-refractivity contribution is 7.89. The van der Waals surface area contributed by atoms with Crippen LogP contribution in [0.1, 0.15) is 77.0 Å². The SMILES string of the molecule is C1CCC(NC2CCCCC2)CC1.CN(C)c1cccc2c(S(=O)(=O)NCCCC(=O)O)cccc12. The van der Waals surface area contributed by atoms with Crippen LogP contribution in [0.25, 0.3) is 10.8 Å². The fourth-order valence-corrected chi connectivity index (χ4v) is 6.58. The Kier molecular flexibility index (Phi) is 11.0. The molecule has 0 bridgehead atoms. The largest absolute Gasteiger partial charge is 0.481 e. The van der Waals surface area contributed by atoms with Gasteiger partial charge in [0.05, 0.1) is 4.90 Å². The molecule has 2 fully saturated rings. The van der Waals surface area contributed by atoms with E-state index in [1.165, 1.54) is 64.2 Å². The highest BCUT2D eigenvalue weighted by atomic mass is 32.2. The number of carbonyl (C=O) groups is 1. The molecule has 0 saturated heterocycles. The molecule has 0 aromatic heterocycles. The lowest BCUT2D eigenvalue weighted by Gasteiger charge is -2.30. The molecule has 8 heteroatoms. The summed E-state index contributed by atoms with van der Waals surface area (Å²) >= 11 is 0. The maximum atomic E-state index is 12.5. The van der Waals surface area contributed by atoms with Crippen molar-refractivity contribution in [3.63, 3.8) is 0 Å². The van der Waals surface area contributed by atoms with Crippen molar-refractivity contribution in [2.24, 2.45) is 0 Å². The molecule has 36 heavy (non-hydrogen) atoms. The Morgan fingerprint density at radius 2 is 1.44 bits per heavy atom. The third kappa shape index (κ3) is 8.46. The third-order valence-electron chi connectivity index (χ3n) is 7.17. The van der Waals surface area contributed by atoms with E-state index in [4.69, 9.17) is 5.11 Å². The molecule has 2 aliphatic rings. The van der Waals surface area contributed by atoms with Gasteiger partial charge in [0.25, 0.3) is 0 Å². The van der Waals surface area contributed by atoms with Gasteiger partial charge in [-0.15, -0.1) is 0 Å². The van der Waals surface area contributed by atoms with E-state index in [2.05, 4.69) is 10.0 Å². The highest BCUT2D eigenvalue weighted by Gasteiger charge is 2.20. The minimum atomic E-state index is -3.69. The molecule has 0 heterocycles. The Bertz CT molecular complexity index is 1060. The number of hydrogen-bond donors (Lipinski definition) is 3. The number of fused-ring (bicyclic) bond motifs is 1. The van der Waals surface area contributed by atoms with Crippen LogP contribution in [0.4, 0.5) is 5.69 Å². The number of rotatable bonds is 9. The van der Waals surface area contributed by atoms with Crippen LogP contribution in [0.2, 0.25) is 0 Å². The fourth-order valence-electron chi connectivity index (χ4n) is 5.28. The molecular formula is C28H43N3O4S. The monoisotopic (exact) mass is 517 g/mol. The third-order valence-corrected chi connectivity index (χ3v) is 8.69. The van der Waals surface area contributed by atoms with E-state index in [-0.39, 0.29) is 24.3 Å². The molecule has 7 nitrogen and oxygen atoms in total. The topological polar surface area (TPSA) is 98.7 Å². The molecule has 2 aromatic rings. The second kappa shape index (κ2) is 14.0. The highest BCUT2D eigenvalue weighted by Crippen LogP contribution is 2.30. The second-order valence-electron chi connectivity index (χ2n) is 10.3. The smallest absolute Gasteiger partial charge is 0.303 e. The molecule has 0 spiro atoms. The van der Waals surface area contributed by atoms with E-state index in [1.54, 1.807) is 18.2 Å². The van der Waals surface area contributed by atoms with Crippen molar-refractivity contribution >= 4 is 32.5 Å². The van der Waals surface area contributed by atoms with Crippen LogP contribution in [-0.2, 0) is 14.8 Å². The van der Waals surface area contributed by atoms with E-state index in [0.717, 1.165) is 23.2 Å². The molecule has 0 aliphatic heterocycles. The van der Waals surface area contributed by atoms with E-state index in [0.29, 0.717) is 5.39 Å². The quantitative estimate of drug-likeness (QED) is 0.391. The van der Waals surface area contributed by atoms with Gasteiger partial charge >= 0.3 is 5.97 Å².